The topological polar surface area (TPSA) is 28.4 Å². The maximum Gasteiger partial charge on any atom is 0.354 e. The van der Waals surface area contributed by atoms with Crippen LogP contribution in [0.25, 0.3) is 0 Å². The zero-order valence-corrected chi connectivity index (χ0v) is 9.58. The molecule has 2 nitrogen and oxygen atoms in total. The van der Waals surface area contributed by atoms with Crippen LogP contribution >= 0.6 is 0 Å². The van der Waals surface area contributed by atoms with Gasteiger partial charge in [0.2, 0.25) is 0 Å². The van der Waals surface area contributed by atoms with Crippen molar-refractivity contribution in [3.05, 3.63) is 29.3 Å². The number of fused-ring (bicyclic) bond motifs is 1. The normalized spacial score (nSPS) is 14.2. The van der Waals surface area contributed by atoms with E-state index in [4.69, 9.17) is 4.42 Å². The van der Waals surface area contributed by atoms with Crippen molar-refractivity contribution in [1.29, 1.82) is 0 Å². The first-order valence-corrected chi connectivity index (χ1v) is 5.87. The van der Waals surface area contributed by atoms with Crippen molar-refractivity contribution in [2.24, 2.45) is 0 Å². The van der Waals surface area contributed by atoms with Crippen LogP contribution in [0, 0.1) is 0 Å². The van der Waals surface area contributed by atoms with Crippen molar-refractivity contribution in [3.8, 4) is 5.75 Å². The number of unbranched alkanes of at least 4 members (excludes halogenated alkanes) is 1. The highest BCUT2D eigenvalue weighted by Gasteiger charge is 2.22. The number of aryl methyl sites for hydroxylation is 2. The van der Waals surface area contributed by atoms with E-state index in [-0.39, 0.29) is 0 Å². The Morgan fingerprint density at radius 3 is 3.00 bits per heavy atom. The molecule has 0 amide bonds. The molecule has 16 heavy (non-hydrogen) atoms. The average Bonchev–Trinajstić information content (AvgIpc) is 2.35. The summed E-state index contributed by atoms with van der Waals surface area (Å²) in [6.45, 7) is 2.17. The molecule has 0 radical (unpaired) electrons. The maximum atomic E-state index is 10.6. The van der Waals surface area contributed by atoms with Gasteiger partial charge in [-0.05, 0) is 31.4 Å². The molecule has 0 bridgehead atoms. The van der Waals surface area contributed by atoms with Crippen LogP contribution in [0.15, 0.2) is 18.2 Å². The summed E-state index contributed by atoms with van der Waals surface area (Å²) < 4.78 is 5.60. The van der Waals surface area contributed by atoms with Crippen molar-refractivity contribution >= 4 is 12.1 Å². The lowest BCUT2D eigenvalue weighted by atomic mass is 9.98. The van der Waals surface area contributed by atoms with Gasteiger partial charge in [0.25, 0.3) is 0 Å². The molecular formula is C14H16O2. The number of para-hydroxylation sites is 1. The zero-order chi connectivity index (χ0) is 11.4. The SMILES string of the molecule is CCCCc1cccc2c1[O+]=C([C-]=O)CC2. The number of carbonyl (C=O) groups excluding carboxylic acids is 2. The van der Waals surface area contributed by atoms with Gasteiger partial charge in [0.15, 0.2) is 5.78 Å². The summed E-state index contributed by atoms with van der Waals surface area (Å²) in [5.74, 6) is 1.34. The fourth-order valence-corrected chi connectivity index (χ4v) is 2.02. The van der Waals surface area contributed by atoms with Crippen molar-refractivity contribution in [2.45, 2.75) is 39.0 Å². The first kappa shape index (κ1) is 11.1. The molecule has 0 aromatic heterocycles. The molecule has 0 spiro atoms. The molecule has 0 unspecified atom stereocenters. The van der Waals surface area contributed by atoms with Gasteiger partial charge in [0, 0.05) is 6.42 Å². The van der Waals surface area contributed by atoms with Gasteiger partial charge in [-0.15, -0.1) is 6.29 Å². The third-order valence-electron chi connectivity index (χ3n) is 2.94. The Kier molecular flexibility index (Phi) is 3.50. The van der Waals surface area contributed by atoms with E-state index >= 15 is 0 Å². The van der Waals surface area contributed by atoms with Gasteiger partial charge in [-0.1, -0.05) is 19.4 Å². The summed E-state index contributed by atoms with van der Waals surface area (Å²) in [5.41, 5.74) is 2.43. The Morgan fingerprint density at radius 2 is 2.25 bits per heavy atom. The summed E-state index contributed by atoms with van der Waals surface area (Å²) in [6, 6.07) is 6.23. The summed E-state index contributed by atoms with van der Waals surface area (Å²) >= 11 is 0. The largest absolute Gasteiger partial charge is 0.529 e. The lowest BCUT2D eigenvalue weighted by Gasteiger charge is -2.09. The minimum Gasteiger partial charge on any atom is -0.529 e. The van der Waals surface area contributed by atoms with E-state index < -0.39 is 0 Å². The average molecular weight is 216 g/mol. The predicted molar refractivity (Wildman–Crippen MR) is 63.5 cm³/mol. The van der Waals surface area contributed by atoms with Gasteiger partial charge in [-0.2, -0.15) is 0 Å². The Balaban J connectivity index is 2.35. The van der Waals surface area contributed by atoms with E-state index in [9.17, 15) is 4.79 Å². The summed E-state index contributed by atoms with van der Waals surface area (Å²) in [5, 5.41) is 0. The predicted octanol–water partition coefficient (Wildman–Crippen LogP) is 2.90. The van der Waals surface area contributed by atoms with Gasteiger partial charge in [0.05, 0.1) is 11.1 Å². The highest BCUT2D eigenvalue weighted by atomic mass is 16.4. The second-order valence-electron chi connectivity index (χ2n) is 4.14. The number of benzene rings is 1. The Hall–Kier alpha value is -1.44. The standard InChI is InChI=1S/C14H16O2/c1-2-3-5-11-6-4-7-12-8-9-13(10-15)16-14(11)12/h4,6-7H,2-3,5,8-9H2,1H3. The second-order valence-corrected chi connectivity index (χ2v) is 4.14. The van der Waals surface area contributed by atoms with Crippen LogP contribution < -0.4 is 0 Å². The first-order chi connectivity index (χ1) is 7.85. The van der Waals surface area contributed by atoms with Crippen molar-refractivity contribution in [3.63, 3.8) is 0 Å². The summed E-state index contributed by atoms with van der Waals surface area (Å²) in [4.78, 5) is 10.6. The Morgan fingerprint density at radius 1 is 1.38 bits per heavy atom. The fourth-order valence-electron chi connectivity index (χ4n) is 2.02. The molecule has 0 N–H and O–H groups in total. The number of ketones is 1. The van der Waals surface area contributed by atoms with Crippen LogP contribution in [0.2, 0.25) is 0 Å². The molecular weight excluding hydrogens is 200 g/mol. The molecule has 1 aromatic carbocycles. The van der Waals surface area contributed by atoms with E-state index in [2.05, 4.69) is 25.1 Å². The van der Waals surface area contributed by atoms with Crippen molar-refractivity contribution < 1.29 is 9.22 Å². The number of rotatable bonds is 4. The molecule has 2 rings (SSSR count). The first-order valence-electron chi connectivity index (χ1n) is 5.87. The van der Waals surface area contributed by atoms with E-state index in [0.29, 0.717) is 12.2 Å². The van der Waals surface area contributed by atoms with Gasteiger partial charge in [-0.3, -0.25) is 0 Å². The zero-order valence-electron chi connectivity index (χ0n) is 9.58. The van der Waals surface area contributed by atoms with Crippen LogP contribution in [0.5, 0.6) is 5.75 Å². The van der Waals surface area contributed by atoms with E-state index in [0.717, 1.165) is 25.0 Å². The molecule has 0 aliphatic carbocycles. The van der Waals surface area contributed by atoms with Gasteiger partial charge < -0.3 is 4.79 Å². The van der Waals surface area contributed by atoms with Gasteiger partial charge in [0.1, 0.15) is 0 Å². The second kappa shape index (κ2) is 5.06. The van der Waals surface area contributed by atoms with Crippen molar-refractivity contribution in [1.82, 2.24) is 0 Å². The highest BCUT2D eigenvalue weighted by molar-refractivity contribution is 6.25. The monoisotopic (exact) mass is 216 g/mol. The lowest BCUT2D eigenvalue weighted by Crippen LogP contribution is -2.10. The van der Waals surface area contributed by atoms with Crippen LogP contribution in [0.4, 0.5) is 0 Å². The third-order valence-corrected chi connectivity index (χ3v) is 2.94. The minimum atomic E-state index is 0.441. The lowest BCUT2D eigenvalue weighted by molar-refractivity contribution is -0.369. The van der Waals surface area contributed by atoms with Gasteiger partial charge >= 0.3 is 5.75 Å². The fraction of sp³-hybridized carbons (Fsp3) is 0.429. The van der Waals surface area contributed by atoms with E-state index in [1.807, 2.05) is 6.29 Å². The molecule has 1 aliphatic heterocycles. The van der Waals surface area contributed by atoms with Gasteiger partial charge in [-0.25, -0.2) is 4.42 Å². The molecule has 0 fully saturated rings. The maximum absolute atomic E-state index is 10.6. The summed E-state index contributed by atoms with van der Waals surface area (Å²) in [7, 11) is 0. The van der Waals surface area contributed by atoms with Crippen LogP contribution in [0.3, 0.4) is 0 Å². The Bertz CT molecular complexity index is 419. The molecule has 1 aliphatic rings. The van der Waals surface area contributed by atoms with Crippen LogP contribution in [0.1, 0.15) is 37.3 Å². The molecule has 0 saturated carbocycles. The molecule has 84 valence electrons. The van der Waals surface area contributed by atoms with Crippen LogP contribution in [-0.4, -0.2) is 12.1 Å². The summed E-state index contributed by atoms with van der Waals surface area (Å²) in [6.07, 6.45) is 6.77. The van der Waals surface area contributed by atoms with Crippen molar-refractivity contribution in [2.75, 3.05) is 0 Å². The molecule has 2 heteroatoms. The molecule has 1 heterocycles. The smallest absolute Gasteiger partial charge is 0.354 e. The quantitative estimate of drug-likeness (QED) is 0.432. The number of hydrogen-bond acceptors (Lipinski definition) is 1. The number of hydrogen-bond donors (Lipinski definition) is 0. The third kappa shape index (κ3) is 2.21. The van der Waals surface area contributed by atoms with E-state index in [1.165, 1.54) is 17.5 Å². The molecule has 0 atom stereocenters. The minimum absolute atomic E-state index is 0.441. The van der Waals surface area contributed by atoms with Crippen LogP contribution in [-0.2, 0) is 22.1 Å². The Labute approximate surface area is 96.0 Å². The molecule has 1 aromatic rings. The highest BCUT2D eigenvalue weighted by Crippen LogP contribution is 2.29. The van der Waals surface area contributed by atoms with E-state index in [1.54, 1.807) is 0 Å². The molecule has 0 saturated heterocycles.